The number of rotatable bonds is 4. The van der Waals surface area contributed by atoms with Gasteiger partial charge in [0.15, 0.2) is 0 Å². The minimum atomic E-state index is -0.197. The second kappa shape index (κ2) is 5.95. The Morgan fingerprint density at radius 3 is 2.79 bits per heavy atom. The van der Waals surface area contributed by atoms with Crippen LogP contribution in [0, 0.1) is 6.92 Å². The van der Waals surface area contributed by atoms with Gasteiger partial charge in [-0.1, -0.05) is 12.1 Å². The Morgan fingerprint density at radius 1 is 1.26 bits per heavy atom. The molecule has 1 amide bonds. The first kappa shape index (κ1) is 13.0. The van der Waals surface area contributed by atoms with Crippen LogP contribution >= 0.6 is 0 Å². The minimum absolute atomic E-state index is 0.197. The second-order valence-corrected chi connectivity index (χ2v) is 4.15. The predicted molar refractivity (Wildman–Crippen MR) is 73.9 cm³/mol. The van der Waals surface area contributed by atoms with Crippen molar-refractivity contribution in [3.8, 4) is 0 Å². The van der Waals surface area contributed by atoms with E-state index < -0.39 is 0 Å². The number of nitrogens with one attached hydrogen (secondary N) is 2. The number of pyridine rings is 2. The molecule has 0 unspecified atom stereocenters. The summed E-state index contributed by atoms with van der Waals surface area (Å²) in [5.74, 6) is 0.474. The van der Waals surface area contributed by atoms with E-state index in [2.05, 4.69) is 20.6 Å². The Morgan fingerprint density at radius 2 is 2.11 bits per heavy atom. The molecule has 0 aromatic carbocycles. The Bertz CT molecular complexity index is 566. The van der Waals surface area contributed by atoms with E-state index in [9.17, 15) is 4.79 Å². The maximum Gasteiger partial charge on any atom is 0.270 e. The fraction of sp³-hybridized carbons (Fsp3) is 0.214. The van der Waals surface area contributed by atoms with Gasteiger partial charge >= 0.3 is 0 Å². The van der Waals surface area contributed by atoms with Crippen molar-refractivity contribution in [1.29, 1.82) is 0 Å². The summed E-state index contributed by atoms with van der Waals surface area (Å²) in [6.45, 7) is 2.37. The summed E-state index contributed by atoms with van der Waals surface area (Å²) < 4.78 is 0. The van der Waals surface area contributed by atoms with E-state index in [0.717, 1.165) is 11.3 Å². The zero-order chi connectivity index (χ0) is 13.7. The lowest BCUT2D eigenvalue weighted by Crippen LogP contribution is -2.24. The average molecular weight is 256 g/mol. The second-order valence-electron chi connectivity index (χ2n) is 4.15. The fourth-order valence-electron chi connectivity index (χ4n) is 1.58. The number of carbonyl (C=O) groups excluding carboxylic acids is 1. The van der Waals surface area contributed by atoms with Crippen molar-refractivity contribution in [3.63, 3.8) is 0 Å². The number of aromatic nitrogens is 2. The molecule has 98 valence electrons. The topological polar surface area (TPSA) is 66.9 Å². The van der Waals surface area contributed by atoms with Crippen LogP contribution in [0.4, 0.5) is 5.82 Å². The highest BCUT2D eigenvalue weighted by Gasteiger charge is 2.07. The number of anilines is 1. The monoisotopic (exact) mass is 256 g/mol. The van der Waals surface area contributed by atoms with E-state index in [0.29, 0.717) is 18.1 Å². The van der Waals surface area contributed by atoms with Crippen LogP contribution < -0.4 is 10.6 Å². The van der Waals surface area contributed by atoms with Gasteiger partial charge in [-0.15, -0.1) is 0 Å². The molecule has 5 heteroatoms. The minimum Gasteiger partial charge on any atom is -0.373 e. The number of hydrogen-bond donors (Lipinski definition) is 2. The van der Waals surface area contributed by atoms with Crippen molar-refractivity contribution in [1.82, 2.24) is 15.3 Å². The Labute approximate surface area is 112 Å². The van der Waals surface area contributed by atoms with Gasteiger partial charge < -0.3 is 10.6 Å². The third-order valence-electron chi connectivity index (χ3n) is 2.66. The van der Waals surface area contributed by atoms with Gasteiger partial charge in [0.2, 0.25) is 0 Å². The number of nitrogens with zero attached hydrogens (tertiary/aromatic N) is 2. The van der Waals surface area contributed by atoms with E-state index in [-0.39, 0.29) is 5.91 Å². The van der Waals surface area contributed by atoms with E-state index in [1.807, 2.05) is 19.1 Å². The van der Waals surface area contributed by atoms with E-state index in [4.69, 9.17) is 0 Å². The first-order valence-electron chi connectivity index (χ1n) is 6.03. The van der Waals surface area contributed by atoms with Crippen molar-refractivity contribution in [2.24, 2.45) is 0 Å². The zero-order valence-electron chi connectivity index (χ0n) is 11.0. The lowest BCUT2D eigenvalue weighted by atomic mass is 10.2. The van der Waals surface area contributed by atoms with Gasteiger partial charge in [0.05, 0.1) is 0 Å². The predicted octanol–water partition coefficient (Wildman–Crippen LogP) is 1.76. The number of amides is 1. The Balaban J connectivity index is 1.99. The van der Waals surface area contributed by atoms with Gasteiger partial charge in [0.1, 0.15) is 11.5 Å². The van der Waals surface area contributed by atoms with Gasteiger partial charge in [-0.3, -0.25) is 9.78 Å². The molecule has 0 aliphatic carbocycles. The molecule has 0 saturated carbocycles. The first-order valence-corrected chi connectivity index (χ1v) is 6.03. The molecule has 0 aliphatic heterocycles. The van der Waals surface area contributed by atoms with E-state index in [1.165, 1.54) is 0 Å². The van der Waals surface area contributed by atoms with Crippen molar-refractivity contribution < 1.29 is 4.79 Å². The average Bonchev–Trinajstić information content (AvgIpc) is 2.46. The summed E-state index contributed by atoms with van der Waals surface area (Å²) in [4.78, 5) is 20.3. The Kier molecular flexibility index (Phi) is 4.07. The molecule has 2 aromatic rings. The van der Waals surface area contributed by atoms with Crippen LogP contribution in [0.2, 0.25) is 0 Å². The molecule has 0 atom stereocenters. The van der Waals surface area contributed by atoms with Gasteiger partial charge in [-0.25, -0.2) is 4.98 Å². The van der Waals surface area contributed by atoms with Crippen LogP contribution in [0.5, 0.6) is 0 Å². The van der Waals surface area contributed by atoms with Crippen molar-refractivity contribution in [3.05, 3.63) is 53.5 Å². The standard InChI is InChI=1S/C14H16N4O/c1-10-6-7-11(8-16-10)9-17-14(19)12-4-3-5-13(15-2)18-12/h3-8H,9H2,1-2H3,(H,15,18)(H,17,19). The largest absolute Gasteiger partial charge is 0.373 e. The van der Waals surface area contributed by atoms with Crippen molar-refractivity contribution in [2.75, 3.05) is 12.4 Å². The molecule has 0 bridgehead atoms. The third-order valence-corrected chi connectivity index (χ3v) is 2.66. The Hall–Kier alpha value is -2.43. The van der Waals surface area contributed by atoms with Gasteiger partial charge in [-0.2, -0.15) is 0 Å². The first-order chi connectivity index (χ1) is 9.19. The van der Waals surface area contributed by atoms with Crippen molar-refractivity contribution >= 4 is 11.7 Å². The highest BCUT2D eigenvalue weighted by Crippen LogP contribution is 2.04. The highest BCUT2D eigenvalue weighted by atomic mass is 16.1. The molecule has 2 heterocycles. The van der Waals surface area contributed by atoms with Crippen LogP contribution in [-0.2, 0) is 6.54 Å². The quantitative estimate of drug-likeness (QED) is 0.874. The van der Waals surface area contributed by atoms with Crippen LogP contribution in [0.15, 0.2) is 36.5 Å². The lowest BCUT2D eigenvalue weighted by molar-refractivity contribution is 0.0946. The summed E-state index contributed by atoms with van der Waals surface area (Å²) in [5, 5.41) is 5.72. The van der Waals surface area contributed by atoms with Gasteiger partial charge in [-0.05, 0) is 30.7 Å². The molecule has 2 aromatic heterocycles. The van der Waals surface area contributed by atoms with Gasteiger partial charge in [0, 0.05) is 25.5 Å². The summed E-state index contributed by atoms with van der Waals surface area (Å²) >= 11 is 0. The normalized spacial score (nSPS) is 10.0. The molecule has 0 fully saturated rings. The molecule has 2 N–H and O–H groups in total. The summed E-state index contributed by atoms with van der Waals surface area (Å²) in [6.07, 6.45) is 1.76. The highest BCUT2D eigenvalue weighted by molar-refractivity contribution is 5.92. The van der Waals surface area contributed by atoms with Crippen LogP contribution in [0.1, 0.15) is 21.7 Å². The van der Waals surface area contributed by atoms with Gasteiger partial charge in [0.25, 0.3) is 5.91 Å². The van der Waals surface area contributed by atoms with Crippen LogP contribution in [-0.4, -0.2) is 22.9 Å². The molecule has 19 heavy (non-hydrogen) atoms. The third kappa shape index (κ3) is 3.51. The van der Waals surface area contributed by atoms with Crippen LogP contribution in [0.3, 0.4) is 0 Å². The number of aryl methyl sites for hydroxylation is 1. The molecule has 5 nitrogen and oxygen atoms in total. The lowest BCUT2D eigenvalue weighted by Gasteiger charge is -2.06. The maximum absolute atomic E-state index is 11.9. The van der Waals surface area contributed by atoms with E-state index >= 15 is 0 Å². The molecule has 0 aliphatic rings. The van der Waals surface area contributed by atoms with Crippen molar-refractivity contribution in [2.45, 2.75) is 13.5 Å². The molecule has 0 spiro atoms. The molecule has 0 radical (unpaired) electrons. The smallest absolute Gasteiger partial charge is 0.270 e. The summed E-state index contributed by atoms with van der Waals surface area (Å²) in [6, 6.07) is 9.15. The molecular weight excluding hydrogens is 240 g/mol. The van der Waals surface area contributed by atoms with E-state index in [1.54, 1.807) is 31.4 Å². The molecular formula is C14H16N4O. The maximum atomic E-state index is 11.9. The SMILES string of the molecule is CNc1cccc(C(=O)NCc2ccc(C)nc2)n1. The number of hydrogen-bond acceptors (Lipinski definition) is 4. The molecule has 2 rings (SSSR count). The molecule has 0 saturated heterocycles. The zero-order valence-corrected chi connectivity index (χ0v) is 11.0. The number of carbonyl (C=O) groups is 1. The fourth-order valence-corrected chi connectivity index (χ4v) is 1.58. The summed E-state index contributed by atoms with van der Waals surface area (Å²) in [7, 11) is 1.77. The summed E-state index contributed by atoms with van der Waals surface area (Å²) in [5.41, 5.74) is 2.31. The van der Waals surface area contributed by atoms with Crippen LogP contribution in [0.25, 0.3) is 0 Å².